The molecule has 80 valence electrons. The van der Waals surface area contributed by atoms with Crippen LogP contribution in [0, 0.1) is 0 Å². The van der Waals surface area contributed by atoms with E-state index in [4.69, 9.17) is 4.42 Å². The molecule has 0 aliphatic rings. The number of alkyl halides is 3. The molecule has 0 aliphatic heterocycles. The third-order valence-electron chi connectivity index (χ3n) is 1.77. The Morgan fingerprint density at radius 2 is 2.00 bits per heavy atom. The fourth-order valence-electron chi connectivity index (χ4n) is 0.782. The minimum Gasteiger partial charge on any atom is -0.448 e. The van der Waals surface area contributed by atoms with Crippen LogP contribution in [-0.2, 0) is 11.6 Å². The first-order valence-corrected chi connectivity index (χ1v) is 4.54. The first-order chi connectivity index (χ1) is 6.27. The van der Waals surface area contributed by atoms with Crippen LogP contribution in [-0.4, -0.2) is 10.7 Å². The number of nitrogens with zero attached hydrogens (tertiary/aromatic N) is 1. The summed E-state index contributed by atoms with van der Waals surface area (Å²) in [5.41, 5.74) is -1.59. The van der Waals surface area contributed by atoms with E-state index in [1.807, 2.05) is 0 Å². The molecule has 0 aromatic carbocycles. The Bertz CT molecular complexity index is 319. The van der Waals surface area contributed by atoms with Crippen molar-refractivity contribution in [1.29, 1.82) is 0 Å². The minimum atomic E-state index is -4.45. The molecule has 0 N–H and O–H groups in total. The summed E-state index contributed by atoms with van der Waals surface area (Å²) in [6, 6.07) is 0. The molecule has 0 atom stereocenters. The van der Waals surface area contributed by atoms with Crippen LogP contribution < -0.4 is 0 Å². The molecule has 0 unspecified atom stereocenters. The van der Waals surface area contributed by atoms with Gasteiger partial charge in [-0.2, -0.15) is 25.8 Å². The molecule has 0 aliphatic carbocycles. The van der Waals surface area contributed by atoms with Gasteiger partial charge in [0.25, 0.3) is 0 Å². The van der Waals surface area contributed by atoms with E-state index in [1.54, 1.807) is 13.8 Å². The molecular formula is C8H10F3NOS. The molecule has 6 heteroatoms. The van der Waals surface area contributed by atoms with Crippen molar-refractivity contribution in [1.82, 2.24) is 4.98 Å². The number of thiol groups is 1. The average molecular weight is 225 g/mol. The summed E-state index contributed by atoms with van der Waals surface area (Å²) < 4.78 is 41.2. The van der Waals surface area contributed by atoms with Crippen molar-refractivity contribution in [3.8, 4) is 0 Å². The summed E-state index contributed by atoms with van der Waals surface area (Å²) in [5.74, 6) is 0.421. The van der Waals surface area contributed by atoms with Crippen molar-refractivity contribution in [3.63, 3.8) is 0 Å². The molecule has 1 heterocycles. The maximum Gasteiger partial charge on any atom is 0.436 e. The number of hydrogen-bond acceptors (Lipinski definition) is 3. The van der Waals surface area contributed by atoms with Gasteiger partial charge in [0.05, 0.1) is 5.41 Å². The fourth-order valence-corrected chi connectivity index (χ4v) is 0.918. The van der Waals surface area contributed by atoms with Crippen LogP contribution >= 0.6 is 12.6 Å². The van der Waals surface area contributed by atoms with Crippen molar-refractivity contribution in [2.45, 2.75) is 25.4 Å². The van der Waals surface area contributed by atoms with Gasteiger partial charge in [0.2, 0.25) is 5.89 Å². The van der Waals surface area contributed by atoms with Crippen LogP contribution in [0.25, 0.3) is 0 Å². The van der Waals surface area contributed by atoms with Crippen LogP contribution in [0.3, 0.4) is 0 Å². The summed E-state index contributed by atoms with van der Waals surface area (Å²) in [6.07, 6.45) is -3.82. The smallest absolute Gasteiger partial charge is 0.436 e. The highest BCUT2D eigenvalue weighted by Crippen LogP contribution is 2.31. The van der Waals surface area contributed by atoms with Crippen molar-refractivity contribution in [3.05, 3.63) is 17.8 Å². The normalized spacial score (nSPS) is 13.3. The molecule has 0 saturated carbocycles. The van der Waals surface area contributed by atoms with Gasteiger partial charge in [-0.05, 0) is 0 Å². The second-order valence-electron chi connectivity index (χ2n) is 3.58. The van der Waals surface area contributed by atoms with Gasteiger partial charge in [-0.15, -0.1) is 0 Å². The topological polar surface area (TPSA) is 26.0 Å². The minimum absolute atomic E-state index is 0.0554. The van der Waals surface area contributed by atoms with Gasteiger partial charge in [0.1, 0.15) is 6.26 Å². The highest BCUT2D eigenvalue weighted by Gasteiger charge is 2.36. The first-order valence-electron chi connectivity index (χ1n) is 3.91. The predicted molar refractivity (Wildman–Crippen MR) is 48.4 cm³/mol. The Kier molecular flexibility index (Phi) is 2.85. The Morgan fingerprint density at radius 3 is 2.36 bits per heavy atom. The zero-order valence-corrected chi connectivity index (χ0v) is 8.62. The standard InChI is InChI=1S/C8H10F3NOS/c1-7(2,4-14)6-12-5(3-13-6)8(9,10)11/h3,14H,4H2,1-2H3. The van der Waals surface area contributed by atoms with Crippen LogP contribution in [0.1, 0.15) is 25.4 Å². The summed E-state index contributed by atoms with van der Waals surface area (Å²) in [5, 5.41) is 0. The van der Waals surface area contributed by atoms with Crippen LogP contribution in [0.15, 0.2) is 10.7 Å². The lowest BCUT2D eigenvalue weighted by molar-refractivity contribution is -0.141. The van der Waals surface area contributed by atoms with Crippen LogP contribution in [0.2, 0.25) is 0 Å². The van der Waals surface area contributed by atoms with Gasteiger partial charge in [-0.1, -0.05) is 13.8 Å². The molecule has 14 heavy (non-hydrogen) atoms. The molecule has 0 radical (unpaired) electrons. The van der Waals surface area contributed by atoms with E-state index >= 15 is 0 Å². The number of rotatable bonds is 2. The molecule has 0 fully saturated rings. The number of aromatic nitrogens is 1. The Hall–Kier alpha value is -0.650. The Labute approximate surface area is 84.9 Å². The van der Waals surface area contributed by atoms with Gasteiger partial charge in [0.15, 0.2) is 5.69 Å². The highest BCUT2D eigenvalue weighted by molar-refractivity contribution is 7.80. The van der Waals surface area contributed by atoms with E-state index in [-0.39, 0.29) is 5.89 Å². The molecule has 0 bridgehead atoms. The number of hydrogen-bond donors (Lipinski definition) is 1. The van der Waals surface area contributed by atoms with E-state index in [0.717, 1.165) is 0 Å². The van der Waals surface area contributed by atoms with Gasteiger partial charge < -0.3 is 4.42 Å². The first kappa shape index (κ1) is 11.4. The van der Waals surface area contributed by atoms with E-state index in [0.29, 0.717) is 12.0 Å². The summed E-state index contributed by atoms with van der Waals surface area (Å²) in [4.78, 5) is 3.38. The maximum atomic E-state index is 12.2. The zero-order chi connectivity index (χ0) is 11.0. The van der Waals surface area contributed by atoms with E-state index in [1.165, 1.54) is 0 Å². The molecule has 2 nitrogen and oxygen atoms in total. The summed E-state index contributed by atoms with van der Waals surface area (Å²) in [7, 11) is 0. The lowest BCUT2D eigenvalue weighted by Crippen LogP contribution is -2.20. The third-order valence-corrected chi connectivity index (χ3v) is 2.56. The van der Waals surface area contributed by atoms with Crippen molar-refractivity contribution >= 4 is 12.6 Å². The molecule has 1 aromatic rings. The van der Waals surface area contributed by atoms with E-state index in [2.05, 4.69) is 17.6 Å². The van der Waals surface area contributed by atoms with Gasteiger partial charge in [0, 0.05) is 5.75 Å². The number of halogens is 3. The van der Waals surface area contributed by atoms with Gasteiger partial charge in [-0.25, -0.2) is 4.98 Å². The summed E-state index contributed by atoms with van der Waals surface area (Å²) >= 11 is 4.01. The van der Waals surface area contributed by atoms with Crippen LogP contribution in [0.4, 0.5) is 13.2 Å². The molecule has 1 aromatic heterocycles. The molecular weight excluding hydrogens is 215 g/mol. The monoisotopic (exact) mass is 225 g/mol. The lowest BCUT2D eigenvalue weighted by atomic mass is 9.97. The maximum absolute atomic E-state index is 12.2. The van der Waals surface area contributed by atoms with Crippen molar-refractivity contribution < 1.29 is 17.6 Å². The second kappa shape index (κ2) is 3.49. The van der Waals surface area contributed by atoms with E-state index in [9.17, 15) is 13.2 Å². The van der Waals surface area contributed by atoms with Crippen molar-refractivity contribution in [2.75, 3.05) is 5.75 Å². The molecule has 0 spiro atoms. The third kappa shape index (κ3) is 2.23. The molecule has 1 rings (SSSR count). The quantitative estimate of drug-likeness (QED) is 0.783. The van der Waals surface area contributed by atoms with Gasteiger partial charge >= 0.3 is 6.18 Å². The largest absolute Gasteiger partial charge is 0.448 e. The summed E-state index contributed by atoms with van der Waals surface area (Å²) in [6.45, 7) is 3.43. The predicted octanol–water partition coefficient (Wildman–Crippen LogP) is 2.90. The second-order valence-corrected chi connectivity index (χ2v) is 3.89. The van der Waals surface area contributed by atoms with E-state index < -0.39 is 17.3 Å². The zero-order valence-electron chi connectivity index (χ0n) is 7.72. The molecule has 0 saturated heterocycles. The van der Waals surface area contributed by atoms with Gasteiger partial charge in [-0.3, -0.25) is 0 Å². The molecule has 0 amide bonds. The number of oxazole rings is 1. The van der Waals surface area contributed by atoms with Crippen molar-refractivity contribution in [2.24, 2.45) is 0 Å². The lowest BCUT2D eigenvalue weighted by Gasteiger charge is -2.16. The Morgan fingerprint density at radius 1 is 1.43 bits per heavy atom. The fraction of sp³-hybridized carbons (Fsp3) is 0.625. The average Bonchev–Trinajstić information content (AvgIpc) is 2.51. The Balaban J connectivity index is 3.00. The highest BCUT2D eigenvalue weighted by atomic mass is 32.1. The SMILES string of the molecule is CC(C)(CS)c1nc(C(F)(F)F)co1. The van der Waals surface area contributed by atoms with Crippen LogP contribution in [0.5, 0.6) is 0 Å².